The van der Waals surface area contributed by atoms with Crippen molar-refractivity contribution >= 4 is 14.2 Å². The lowest BCUT2D eigenvalue weighted by atomic mass is 10.1. The van der Waals surface area contributed by atoms with Gasteiger partial charge in [-0.3, -0.25) is 9.69 Å². The molecule has 0 radical (unpaired) electrons. The molecule has 4 nitrogen and oxygen atoms in total. The zero-order valence-corrected chi connectivity index (χ0v) is 15.4. The van der Waals surface area contributed by atoms with Crippen molar-refractivity contribution < 1.29 is 9.22 Å². The fourth-order valence-electron chi connectivity index (χ4n) is 2.70. The van der Waals surface area contributed by atoms with Crippen molar-refractivity contribution in [2.24, 2.45) is 0 Å². The SMILES string of the molecule is CC(C)(C)[Si](C)(C)OC1CCCN(CC(=O)N2CCC2)C1. The van der Waals surface area contributed by atoms with E-state index in [1.807, 2.05) is 4.90 Å². The normalized spacial score (nSPS) is 24.8. The van der Waals surface area contributed by atoms with Gasteiger partial charge in [-0.15, -0.1) is 0 Å². The van der Waals surface area contributed by atoms with Crippen LogP contribution < -0.4 is 0 Å². The average molecular weight is 313 g/mol. The smallest absolute Gasteiger partial charge is 0.236 e. The Morgan fingerprint density at radius 1 is 1.19 bits per heavy atom. The number of amides is 1. The molecule has 2 rings (SSSR count). The Balaban J connectivity index is 1.84. The molecule has 1 atom stereocenters. The maximum absolute atomic E-state index is 12.1. The van der Waals surface area contributed by atoms with Gasteiger partial charge in [-0.25, -0.2) is 0 Å². The highest BCUT2D eigenvalue weighted by Crippen LogP contribution is 2.38. The summed E-state index contributed by atoms with van der Waals surface area (Å²) in [5.74, 6) is 0.300. The first-order chi connectivity index (χ1) is 9.69. The van der Waals surface area contributed by atoms with Crippen LogP contribution in [-0.4, -0.2) is 62.9 Å². The number of carbonyl (C=O) groups is 1. The van der Waals surface area contributed by atoms with Crippen molar-refractivity contribution in [3.8, 4) is 0 Å². The van der Waals surface area contributed by atoms with E-state index in [0.29, 0.717) is 18.6 Å². The summed E-state index contributed by atoms with van der Waals surface area (Å²) in [5.41, 5.74) is 0. The van der Waals surface area contributed by atoms with Gasteiger partial charge >= 0.3 is 0 Å². The predicted octanol–water partition coefficient (Wildman–Crippen LogP) is 2.70. The summed E-state index contributed by atoms with van der Waals surface area (Å²) >= 11 is 0. The van der Waals surface area contributed by atoms with Gasteiger partial charge < -0.3 is 9.33 Å². The van der Waals surface area contributed by atoms with Gasteiger partial charge in [0.25, 0.3) is 0 Å². The Kier molecular flexibility index (Phi) is 5.16. The lowest BCUT2D eigenvalue weighted by Crippen LogP contribution is -2.52. The summed E-state index contributed by atoms with van der Waals surface area (Å²) in [6.07, 6.45) is 3.76. The molecule has 0 bridgehead atoms. The van der Waals surface area contributed by atoms with Gasteiger partial charge in [0.05, 0.1) is 12.6 Å². The average Bonchev–Trinajstić information content (AvgIpc) is 2.24. The van der Waals surface area contributed by atoms with Crippen LogP contribution in [0.25, 0.3) is 0 Å². The molecule has 0 N–H and O–H groups in total. The number of hydrogen-bond donors (Lipinski definition) is 0. The van der Waals surface area contributed by atoms with E-state index < -0.39 is 8.32 Å². The quantitative estimate of drug-likeness (QED) is 0.748. The summed E-state index contributed by atoms with van der Waals surface area (Å²) in [4.78, 5) is 16.4. The highest BCUT2D eigenvalue weighted by molar-refractivity contribution is 6.74. The molecule has 2 heterocycles. The van der Waals surface area contributed by atoms with Gasteiger partial charge in [-0.2, -0.15) is 0 Å². The molecule has 1 amide bonds. The second kappa shape index (κ2) is 6.38. The molecule has 2 saturated heterocycles. The molecule has 0 aliphatic carbocycles. The van der Waals surface area contributed by atoms with Crippen LogP contribution >= 0.6 is 0 Å². The van der Waals surface area contributed by atoms with Crippen molar-refractivity contribution in [2.75, 3.05) is 32.7 Å². The number of likely N-dealkylation sites (tertiary alicyclic amines) is 2. The van der Waals surface area contributed by atoms with Crippen LogP contribution in [-0.2, 0) is 9.22 Å². The standard InChI is InChI=1S/C16H32N2O2Si/c1-16(2,3)21(4,5)20-14-8-6-9-17(12-14)13-15(19)18-10-7-11-18/h14H,6-13H2,1-5H3. The number of nitrogens with zero attached hydrogens (tertiary/aromatic N) is 2. The van der Waals surface area contributed by atoms with Gasteiger partial charge in [0, 0.05) is 19.6 Å². The first kappa shape index (κ1) is 17.0. The first-order valence-corrected chi connectivity index (χ1v) is 11.3. The minimum absolute atomic E-state index is 0.253. The Hall–Kier alpha value is -0.393. The zero-order valence-electron chi connectivity index (χ0n) is 14.4. The van der Waals surface area contributed by atoms with Crippen LogP contribution in [0, 0.1) is 0 Å². The third-order valence-electron chi connectivity index (χ3n) is 5.30. The summed E-state index contributed by atoms with van der Waals surface area (Å²) in [6.45, 7) is 15.9. The maximum Gasteiger partial charge on any atom is 0.236 e. The van der Waals surface area contributed by atoms with E-state index in [2.05, 4.69) is 38.8 Å². The lowest BCUT2D eigenvalue weighted by molar-refractivity contribution is -0.136. The molecule has 0 spiro atoms. The molecule has 122 valence electrons. The van der Waals surface area contributed by atoms with Gasteiger partial charge in [0.1, 0.15) is 0 Å². The summed E-state index contributed by atoms with van der Waals surface area (Å²) < 4.78 is 6.53. The summed E-state index contributed by atoms with van der Waals surface area (Å²) in [6, 6.07) is 0. The topological polar surface area (TPSA) is 32.8 Å². The van der Waals surface area contributed by atoms with E-state index in [1.54, 1.807) is 0 Å². The fourth-order valence-corrected chi connectivity index (χ4v) is 4.08. The third kappa shape index (κ3) is 4.30. The third-order valence-corrected chi connectivity index (χ3v) is 9.83. The van der Waals surface area contributed by atoms with Crippen molar-refractivity contribution in [1.82, 2.24) is 9.80 Å². The Morgan fingerprint density at radius 2 is 1.86 bits per heavy atom. The monoisotopic (exact) mass is 312 g/mol. The van der Waals surface area contributed by atoms with E-state index in [9.17, 15) is 4.79 Å². The number of rotatable bonds is 4. The van der Waals surface area contributed by atoms with Crippen LogP contribution in [0.5, 0.6) is 0 Å². The lowest BCUT2D eigenvalue weighted by Gasteiger charge is -2.42. The second-order valence-corrected chi connectivity index (χ2v) is 12.9. The first-order valence-electron chi connectivity index (χ1n) is 8.37. The minimum atomic E-state index is -1.70. The van der Waals surface area contributed by atoms with E-state index in [4.69, 9.17) is 4.43 Å². The van der Waals surface area contributed by atoms with E-state index in [-0.39, 0.29) is 5.04 Å². The molecular formula is C16H32N2O2Si. The fraction of sp³-hybridized carbons (Fsp3) is 0.938. The second-order valence-electron chi connectivity index (χ2n) is 8.11. The molecule has 0 aromatic carbocycles. The summed E-state index contributed by atoms with van der Waals surface area (Å²) in [7, 11) is -1.70. The Morgan fingerprint density at radius 3 is 2.38 bits per heavy atom. The highest BCUT2D eigenvalue weighted by atomic mass is 28.4. The number of piperidine rings is 1. The minimum Gasteiger partial charge on any atom is -0.413 e. The molecule has 2 aliphatic heterocycles. The molecule has 0 aromatic rings. The maximum atomic E-state index is 12.1. The largest absolute Gasteiger partial charge is 0.413 e. The molecule has 0 aromatic heterocycles. The van der Waals surface area contributed by atoms with Gasteiger partial charge in [0.2, 0.25) is 5.91 Å². The van der Waals surface area contributed by atoms with Crippen LogP contribution in [0.1, 0.15) is 40.0 Å². The van der Waals surface area contributed by atoms with Gasteiger partial charge in [0.15, 0.2) is 8.32 Å². The van der Waals surface area contributed by atoms with Crippen molar-refractivity contribution in [2.45, 2.75) is 64.3 Å². The van der Waals surface area contributed by atoms with Crippen molar-refractivity contribution in [3.05, 3.63) is 0 Å². The number of carbonyl (C=O) groups excluding carboxylic acids is 1. The molecule has 1 unspecified atom stereocenters. The molecule has 0 saturated carbocycles. The summed E-state index contributed by atoms with van der Waals surface area (Å²) in [5, 5.41) is 0.253. The van der Waals surface area contributed by atoms with E-state index in [1.165, 1.54) is 6.42 Å². The van der Waals surface area contributed by atoms with Crippen LogP contribution in [0.2, 0.25) is 18.1 Å². The van der Waals surface area contributed by atoms with Crippen LogP contribution in [0.4, 0.5) is 0 Å². The van der Waals surface area contributed by atoms with Crippen LogP contribution in [0.15, 0.2) is 0 Å². The van der Waals surface area contributed by atoms with E-state index >= 15 is 0 Å². The van der Waals surface area contributed by atoms with Crippen molar-refractivity contribution in [3.63, 3.8) is 0 Å². The van der Waals surface area contributed by atoms with Gasteiger partial charge in [-0.1, -0.05) is 20.8 Å². The molecule has 2 fully saturated rings. The Labute approximate surface area is 131 Å². The molecule has 5 heteroatoms. The van der Waals surface area contributed by atoms with Crippen molar-refractivity contribution in [1.29, 1.82) is 0 Å². The Bertz CT molecular complexity index is 375. The predicted molar refractivity (Wildman–Crippen MR) is 88.9 cm³/mol. The highest BCUT2D eigenvalue weighted by Gasteiger charge is 2.40. The van der Waals surface area contributed by atoms with Gasteiger partial charge in [-0.05, 0) is 43.9 Å². The van der Waals surface area contributed by atoms with E-state index in [0.717, 1.165) is 39.0 Å². The zero-order chi connectivity index (χ0) is 15.7. The van der Waals surface area contributed by atoms with Crippen LogP contribution in [0.3, 0.4) is 0 Å². The number of hydrogen-bond acceptors (Lipinski definition) is 3. The molecule has 2 aliphatic rings. The molecule has 21 heavy (non-hydrogen) atoms. The molecular weight excluding hydrogens is 280 g/mol.